The predicted molar refractivity (Wildman–Crippen MR) is 75.5 cm³/mol. The molecule has 8 heteroatoms. The zero-order chi connectivity index (χ0) is 13.6. The number of hydrazone groups is 1. The summed E-state index contributed by atoms with van der Waals surface area (Å²) in [6.45, 7) is 0. The number of benzene rings is 1. The Kier molecular flexibility index (Phi) is 5.86. The van der Waals surface area contributed by atoms with Gasteiger partial charge in [-0.2, -0.15) is 5.10 Å². The first-order valence-electron chi connectivity index (χ1n) is 5.44. The monoisotopic (exact) mass is 295 g/mol. The van der Waals surface area contributed by atoms with E-state index in [-0.39, 0.29) is 11.2 Å². The summed E-state index contributed by atoms with van der Waals surface area (Å²) in [7, 11) is -4.03. The summed E-state index contributed by atoms with van der Waals surface area (Å²) in [6, 6.07) is 13.6. The quantitative estimate of drug-likeness (QED) is 0.491. The van der Waals surface area contributed by atoms with Gasteiger partial charge >= 0.3 is 7.75 Å². The fourth-order valence-electron chi connectivity index (χ4n) is 1.26. The van der Waals surface area contributed by atoms with Crippen molar-refractivity contribution >= 4 is 14.0 Å². The fourth-order valence-corrected chi connectivity index (χ4v) is 1.92. The SMILES string of the molecule is O.O=P(O)(N/N=C/c1ccccn1)Oc1ccccc1. The van der Waals surface area contributed by atoms with E-state index in [0.29, 0.717) is 5.69 Å². The summed E-state index contributed by atoms with van der Waals surface area (Å²) in [5.74, 6) is 0.286. The second-order valence-corrected chi connectivity index (χ2v) is 4.96. The van der Waals surface area contributed by atoms with E-state index >= 15 is 0 Å². The first-order valence-corrected chi connectivity index (χ1v) is 7.02. The zero-order valence-corrected chi connectivity index (χ0v) is 11.3. The van der Waals surface area contributed by atoms with Gasteiger partial charge in [0.25, 0.3) is 0 Å². The third kappa shape index (κ3) is 5.19. The minimum Gasteiger partial charge on any atom is -0.412 e. The van der Waals surface area contributed by atoms with Crippen LogP contribution in [0.1, 0.15) is 5.69 Å². The third-order valence-electron chi connectivity index (χ3n) is 2.04. The third-order valence-corrected chi connectivity index (χ3v) is 2.87. The van der Waals surface area contributed by atoms with Crippen molar-refractivity contribution in [3.63, 3.8) is 0 Å². The van der Waals surface area contributed by atoms with Crippen molar-refractivity contribution in [2.75, 3.05) is 0 Å². The van der Waals surface area contributed by atoms with Crippen LogP contribution in [0.3, 0.4) is 0 Å². The smallest absolute Gasteiger partial charge is 0.412 e. The molecular formula is C12H14N3O4P. The molecule has 7 nitrogen and oxygen atoms in total. The van der Waals surface area contributed by atoms with Crippen molar-refractivity contribution < 1.29 is 19.5 Å². The molecule has 0 aliphatic rings. The molecule has 0 spiro atoms. The Bertz CT molecular complexity index is 592. The minimum absolute atomic E-state index is 0. The highest BCUT2D eigenvalue weighted by Crippen LogP contribution is 2.37. The topological polar surface area (TPSA) is 115 Å². The van der Waals surface area contributed by atoms with Gasteiger partial charge in [0, 0.05) is 6.20 Å². The van der Waals surface area contributed by atoms with E-state index in [4.69, 9.17) is 4.52 Å². The van der Waals surface area contributed by atoms with Crippen LogP contribution in [0.2, 0.25) is 0 Å². The van der Waals surface area contributed by atoms with Crippen molar-refractivity contribution in [1.82, 2.24) is 10.2 Å². The molecule has 0 saturated heterocycles. The van der Waals surface area contributed by atoms with Gasteiger partial charge in [-0.15, -0.1) is 0 Å². The van der Waals surface area contributed by atoms with Crippen LogP contribution in [0.4, 0.5) is 0 Å². The van der Waals surface area contributed by atoms with Crippen LogP contribution >= 0.6 is 7.75 Å². The molecule has 1 atom stereocenters. The van der Waals surface area contributed by atoms with Crippen molar-refractivity contribution in [3.05, 3.63) is 60.4 Å². The summed E-state index contributed by atoms with van der Waals surface area (Å²) < 4.78 is 16.6. The summed E-state index contributed by atoms with van der Waals surface area (Å²) in [4.78, 5) is 13.5. The molecule has 2 aromatic rings. The van der Waals surface area contributed by atoms with Gasteiger partial charge in [0.2, 0.25) is 0 Å². The van der Waals surface area contributed by atoms with E-state index in [1.165, 1.54) is 6.21 Å². The van der Waals surface area contributed by atoms with Crippen LogP contribution < -0.4 is 9.72 Å². The van der Waals surface area contributed by atoms with E-state index < -0.39 is 7.75 Å². The second kappa shape index (κ2) is 7.40. The molecule has 0 aliphatic carbocycles. The Labute approximate surface area is 115 Å². The van der Waals surface area contributed by atoms with Crippen molar-refractivity contribution in [1.29, 1.82) is 0 Å². The highest BCUT2D eigenvalue weighted by Gasteiger charge is 2.19. The van der Waals surface area contributed by atoms with Gasteiger partial charge in [-0.05, 0) is 24.3 Å². The number of nitrogens with one attached hydrogen (secondary N) is 1. The van der Waals surface area contributed by atoms with Crippen LogP contribution in [0, 0.1) is 0 Å². The van der Waals surface area contributed by atoms with E-state index in [1.807, 2.05) is 0 Å². The molecule has 1 aromatic carbocycles. The standard InChI is InChI=1S/C12H12N3O3P.H2O/c16-19(17,18-12-7-2-1-3-8-12)15-14-10-11-6-4-5-9-13-11;/h1-10H,(H2,15,16,17);1H2/b14-10+;. The summed E-state index contributed by atoms with van der Waals surface area (Å²) in [5, 5.41) is 5.71. The van der Waals surface area contributed by atoms with Crippen LogP contribution in [0.5, 0.6) is 5.75 Å². The lowest BCUT2D eigenvalue weighted by Crippen LogP contribution is -2.08. The van der Waals surface area contributed by atoms with Crippen molar-refractivity contribution in [2.24, 2.45) is 5.10 Å². The maximum atomic E-state index is 11.7. The molecule has 1 aromatic heterocycles. The van der Waals surface area contributed by atoms with Crippen LogP contribution in [-0.4, -0.2) is 21.6 Å². The molecule has 0 bridgehead atoms. The average Bonchev–Trinajstić information content (AvgIpc) is 2.40. The number of para-hydroxylation sites is 1. The van der Waals surface area contributed by atoms with E-state index in [9.17, 15) is 9.46 Å². The predicted octanol–water partition coefficient (Wildman–Crippen LogP) is 1.36. The lowest BCUT2D eigenvalue weighted by molar-refractivity contribution is 0.366. The summed E-state index contributed by atoms with van der Waals surface area (Å²) >= 11 is 0. The van der Waals surface area contributed by atoms with Gasteiger partial charge in [0.15, 0.2) is 0 Å². The maximum Gasteiger partial charge on any atom is 0.499 e. The largest absolute Gasteiger partial charge is 0.499 e. The fraction of sp³-hybridized carbons (Fsp3) is 0. The van der Waals surface area contributed by atoms with Gasteiger partial charge in [-0.3, -0.25) is 9.88 Å². The number of aromatic nitrogens is 1. The van der Waals surface area contributed by atoms with E-state index in [2.05, 4.69) is 15.3 Å². The van der Waals surface area contributed by atoms with Gasteiger partial charge in [-0.25, -0.2) is 9.76 Å². The first-order chi connectivity index (χ1) is 9.16. The number of hydrogen-bond donors (Lipinski definition) is 2. The molecule has 0 radical (unpaired) electrons. The average molecular weight is 295 g/mol. The lowest BCUT2D eigenvalue weighted by atomic mass is 10.3. The van der Waals surface area contributed by atoms with Crippen LogP contribution in [0.15, 0.2) is 59.8 Å². The number of rotatable bonds is 5. The molecule has 20 heavy (non-hydrogen) atoms. The molecule has 1 heterocycles. The molecule has 0 amide bonds. The van der Waals surface area contributed by atoms with Crippen LogP contribution in [0.25, 0.3) is 0 Å². The normalized spacial score (nSPS) is 13.2. The Morgan fingerprint density at radius 1 is 1.20 bits per heavy atom. The minimum atomic E-state index is -4.03. The Balaban J connectivity index is 0.00000200. The number of nitrogens with zero attached hydrogens (tertiary/aromatic N) is 2. The molecule has 106 valence electrons. The van der Waals surface area contributed by atoms with Gasteiger partial charge in [-0.1, -0.05) is 24.3 Å². The first kappa shape index (κ1) is 15.8. The molecule has 1 unspecified atom stereocenters. The molecule has 0 aliphatic heterocycles. The Hall–Kier alpha value is -2.21. The molecular weight excluding hydrogens is 281 g/mol. The highest BCUT2D eigenvalue weighted by atomic mass is 31.2. The summed E-state index contributed by atoms with van der Waals surface area (Å²) in [6.07, 6.45) is 2.93. The molecule has 0 fully saturated rings. The van der Waals surface area contributed by atoms with Gasteiger partial charge in [0.1, 0.15) is 5.75 Å². The highest BCUT2D eigenvalue weighted by molar-refractivity contribution is 7.50. The van der Waals surface area contributed by atoms with Crippen molar-refractivity contribution in [3.8, 4) is 5.75 Å². The van der Waals surface area contributed by atoms with E-state index in [0.717, 1.165) is 0 Å². The number of hydrogen-bond acceptors (Lipinski definition) is 4. The summed E-state index contributed by atoms with van der Waals surface area (Å²) in [5.41, 5.74) is 0.565. The molecule has 0 saturated carbocycles. The Morgan fingerprint density at radius 3 is 2.55 bits per heavy atom. The second-order valence-electron chi connectivity index (χ2n) is 3.54. The lowest BCUT2D eigenvalue weighted by Gasteiger charge is -2.11. The number of pyridine rings is 1. The molecule has 2 rings (SSSR count). The van der Waals surface area contributed by atoms with Crippen LogP contribution in [-0.2, 0) is 4.57 Å². The Morgan fingerprint density at radius 2 is 1.90 bits per heavy atom. The maximum absolute atomic E-state index is 11.7. The van der Waals surface area contributed by atoms with Gasteiger partial charge in [0.05, 0.1) is 11.9 Å². The molecule has 4 N–H and O–H groups in total. The zero-order valence-electron chi connectivity index (χ0n) is 10.4. The van der Waals surface area contributed by atoms with Crippen molar-refractivity contribution in [2.45, 2.75) is 0 Å². The van der Waals surface area contributed by atoms with E-state index in [1.54, 1.807) is 54.7 Å². The van der Waals surface area contributed by atoms with Gasteiger partial charge < -0.3 is 10.00 Å².